The van der Waals surface area contributed by atoms with Crippen LogP contribution < -0.4 is 0 Å². The van der Waals surface area contributed by atoms with Crippen molar-refractivity contribution in [3.05, 3.63) is 23.7 Å². The highest BCUT2D eigenvalue weighted by Gasteiger charge is 2.30. The van der Waals surface area contributed by atoms with Crippen molar-refractivity contribution in [2.45, 2.75) is 43.9 Å². The molecule has 0 radical (unpaired) electrons. The molecule has 0 spiro atoms. The molecular formula is C18H26N6O2S. The van der Waals surface area contributed by atoms with E-state index in [0.29, 0.717) is 30.7 Å². The molecule has 3 aliphatic rings. The Morgan fingerprint density at radius 2 is 1.78 bits per heavy atom. The van der Waals surface area contributed by atoms with E-state index >= 15 is 0 Å². The molecule has 1 saturated carbocycles. The summed E-state index contributed by atoms with van der Waals surface area (Å²) in [6, 6.07) is 4.11. The fraction of sp³-hybridized carbons (Fsp3) is 0.722. The Labute approximate surface area is 159 Å². The molecule has 0 unspecified atom stereocenters. The number of rotatable bonds is 5. The number of sulfonamides is 1. The molecule has 2 aliphatic heterocycles. The van der Waals surface area contributed by atoms with Crippen LogP contribution in [0.15, 0.2) is 12.1 Å². The van der Waals surface area contributed by atoms with Gasteiger partial charge in [-0.05, 0) is 57.3 Å². The minimum absolute atomic E-state index is 0.310. The molecule has 146 valence electrons. The van der Waals surface area contributed by atoms with Gasteiger partial charge >= 0.3 is 0 Å². The normalized spacial score (nSPS) is 24.7. The predicted octanol–water partition coefficient (Wildman–Crippen LogP) is 1.22. The second kappa shape index (κ2) is 6.79. The minimum atomic E-state index is -2.99. The number of hydrogen-bond acceptors (Lipinski definition) is 6. The summed E-state index contributed by atoms with van der Waals surface area (Å²) >= 11 is 0. The summed E-state index contributed by atoms with van der Waals surface area (Å²) in [5.41, 5.74) is 1.99. The quantitative estimate of drug-likeness (QED) is 0.763. The van der Waals surface area contributed by atoms with Gasteiger partial charge in [-0.1, -0.05) is 0 Å². The lowest BCUT2D eigenvalue weighted by Gasteiger charge is -2.31. The van der Waals surface area contributed by atoms with Crippen LogP contribution in [0.5, 0.6) is 0 Å². The van der Waals surface area contributed by atoms with Crippen LogP contribution in [0.2, 0.25) is 0 Å². The summed E-state index contributed by atoms with van der Waals surface area (Å²) in [4.78, 5) is 2.37. The van der Waals surface area contributed by atoms with Crippen LogP contribution in [0.3, 0.4) is 0 Å². The molecular weight excluding hydrogens is 364 g/mol. The van der Waals surface area contributed by atoms with Crippen LogP contribution >= 0.6 is 0 Å². The van der Waals surface area contributed by atoms with Crippen molar-refractivity contribution in [2.24, 2.45) is 0 Å². The van der Waals surface area contributed by atoms with E-state index in [-0.39, 0.29) is 0 Å². The molecule has 0 bridgehead atoms. The third kappa shape index (κ3) is 3.48. The van der Waals surface area contributed by atoms with Gasteiger partial charge in [0.15, 0.2) is 11.5 Å². The molecule has 2 saturated heterocycles. The molecule has 8 nitrogen and oxygen atoms in total. The minimum Gasteiger partial charge on any atom is -0.302 e. The van der Waals surface area contributed by atoms with Gasteiger partial charge in [-0.3, -0.25) is 0 Å². The monoisotopic (exact) mass is 390 g/mol. The van der Waals surface area contributed by atoms with Gasteiger partial charge in [0.05, 0.1) is 11.4 Å². The Morgan fingerprint density at radius 3 is 2.48 bits per heavy atom. The molecule has 9 heteroatoms. The van der Waals surface area contributed by atoms with Crippen molar-refractivity contribution < 1.29 is 8.42 Å². The van der Waals surface area contributed by atoms with Crippen LogP contribution in [0.1, 0.15) is 55.5 Å². The first-order chi connectivity index (χ1) is 13.1. The maximum atomic E-state index is 11.9. The van der Waals surface area contributed by atoms with Crippen LogP contribution in [0, 0.1) is 0 Å². The first-order valence-electron chi connectivity index (χ1n) is 10.0. The maximum Gasteiger partial charge on any atom is 0.214 e. The second-order valence-electron chi connectivity index (χ2n) is 8.05. The average Bonchev–Trinajstić information content (AvgIpc) is 3.35. The SMILES string of the molecule is O=S1(=O)CCCN1CCN1CCC(c2nnc3ccc(C4CC4)nn23)CC1. The molecule has 4 heterocycles. The van der Waals surface area contributed by atoms with Crippen molar-refractivity contribution in [3.63, 3.8) is 0 Å². The van der Waals surface area contributed by atoms with Crippen molar-refractivity contribution >= 4 is 15.7 Å². The third-order valence-corrected chi connectivity index (χ3v) is 8.08. The van der Waals surface area contributed by atoms with Crippen molar-refractivity contribution in [2.75, 3.05) is 38.5 Å². The van der Waals surface area contributed by atoms with E-state index in [1.165, 1.54) is 12.8 Å². The van der Waals surface area contributed by atoms with Crippen LogP contribution in [-0.2, 0) is 10.0 Å². The number of piperidine rings is 1. The van der Waals surface area contributed by atoms with Gasteiger partial charge in [0, 0.05) is 31.5 Å². The average molecular weight is 391 g/mol. The number of hydrogen-bond donors (Lipinski definition) is 0. The van der Waals surface area contributed by atoms with Crippen LogP contribution in [-0.4, -0.2) is 75.9 Å². The Morgan fingerprint density at radius 1 is 0.963 bits per heavy atom. The lowest BCUT2D eigenvalue weighted by Crippen LogP contribution is -2.40. The first-order valence-corrected chi connectivity index (χ1v) is 11.6. The van der Waals surface area contributed by atoms with Gasteiger partial charge in [-0.25, -0.2) is 12.7 Å². The number of aromatic nitrogens is 4. The second-order valence-corrected chi connectivity index (χ2v) is 10.1. The Hall–Kier alpha value is -1.58. The van der Waals surface area contributed by atoms with Gasteiger partial charge < -0.3 is 4.90 Å². The summed E-state index contributed by atoms with van der Waals surface area (Å²) in [6.07, 6.45) is 5.27. The van der Waals surface area contributed by atoms with E-state index in [4.69, 9.17) is 5.10 Å². The van der Waals surface area contributed by atoms with E-state index in [2.05, 4.69) is 21.2 Å². The standard InChI is InChI=1S/C18H26N6O2S/c25-27(26)13-1-8-23(27)12-11-22-9-6-15(7-10-22)18-20-19-17-5-4-16(14-2-3-14)21-24(17)18/h4-5,14-15H,1-3,6-13H2. The lowest BCUT2D eigenvalue weighted by atomic mass is 9.96. The highest BCUT2D eigenvalue weighted by molar-refractivity contribution is 7.89. The summed E-state index contributed by atoms with van der Waals surface area (Å²) in [5.74, 6) is 2.28. The molecule has 0 aromatic carbocycles. The molecule has 2 aromatic heterocycles. The molecule has 3 fully saturated rings. The zero-order valence-corrected chi connectivity index (χ0v) is 16.3. The number of likely N-dealkylation sites (tertiary alicyclic amines) is 1. The Balaban J connectivity index is 1.22. The highest BCUT2D eigenvalue weighted by Crippen LogP contribution is 2.39. The Bertz CT molecular complexity index is 930. The van der Waals surface area contributed by atoms with Crippen molar-refractivity contribution in [3.8, 4) is 0 Å². The maximum absolute atomic E-state index is 11.9. The Kier molecular flexibility index (Phi) is 4.40. The highest BCUT2D eigenvalue weighted by atomic mass is 32.2. The molecule has 0 amide bonds. The van der Waals surface area contributed by atoms with Gasteiger partial charge in [-0.15, -0.1) is 10.2 Å². The summed E-state index contributed by atoms with van der Waals surface area (Å²) in [5, 5.41) is 13.5. The molecule has 0 N–H and O–H groups in total. The van der Waals surface area contributed by atoms with Gasteiger partial charge in [0.2, 0.25) is 10.0 Å². The number of fused-ring (bicyclic) bond motifs is 1. The molecule has 5 rings (SSSR count). The number of nitrogens with zero attached hydrogens (tertiary/aromatic N) is 6. The first kappa shape index (κ1) is 17.5. The topological polar surface area (TPSA) is 83.7 Å². The molecule has 1 aliphatic carbocycles. The van der Waals surface area contributed by atoms with Gasteiger partial charge in [0.25, 0.3) is 0 Å². The molecule has 2 aromatic rings. The predicted molar refractivity (Wildman–Crippen MR) is 101 cm³/mol. The summed E-state index contributed by atoms with van der Waals surface area (Å²) in [6.45, 7) is 4.05. The van der Waals surface area contributed by atoms with Crippen molar-refractivity contribution in [1.29, 1.82) is 0 Å². The van der Waals surface area contributed by atoms with E-state index in [1.807, 2.05) is 10.6 Å². The summed E-state index contributed by atoms with van der Waals surface area (Å²) < 4.78 is 27.5. The van der Waals surface area contributed by atoms with E-state index in [9.17, 15) is 8.42 Å². The van der Waals surface area contributed by atoms with E-state index in [0.717, 1.165) is 56.1 Å². The largest absolute Gasteiger partial charge is 0.302 e. The van der Waals surface area contributed by atoms with Gasteiger partial charge in [-0.2, -0.15) is 9.61 Å². The van der Waals surface area contributed by atoms with E-state index < -0.39 is 10.0 Å². The van der Waals surface area contributed by atoms with Gasteiger partial charge in [0.1, 0.15) is 0 Å². The van der Waals surface area contributed by atoms with Crippen LogP contribution in [0.4, 0.5) is 0 Å². The molecule has 27 heavy (non-hydrogen) atoms. The van der Waals surface area contributed by atoms with Crippen LogP contribution in [0.25, 0.3) is 5.65 Å². The summed E-state index contributed by atoms with van der Waals surface area (Å²) in [7, 11) is -2.99. The lowest BCUT2D eigenvalue weighted by molar-refractivity contribution is 0.197. The zero-order chi connectivity index (χ0) is 18.4. The third-order valence-electron chi connectivity index (χ3n) is 6.12. The smallest absolute Gasteiger partial charge is 0.214 e. The zero-order valence-electron chi connectivity index (χ0n) is 15.5. The fourth-order valence-corrected chi connectivity index (χ4v) is 5.80. The van der Waals surface area contributed by atoms with E-state index in [1.54, 1.807) is 4.31 Å². The fourth-order valence-electron chi connectivity index (χ4n) is 4.28. The van der Waals surface area contributed by atoms with Crippen molar-refractivity contribution in [1.82, 2.24) is 29.0 Å². The molecule has 0 atom stereocenters.